The van der Waals surface area contributed by atoms with Crippen LogP contribution in [-0.2, 0) is 19.4 Å². The minimum absolute atomic E-state index is 0.857. The zero-order chi connectivity index (χ0) is 11.7. The minimum atomic E-state index is 0.857. The van der Waals surface area contributed by atoms with Gasteiger partial charge in [0, 0.05) is 12.7 Å². The number of benzene rings is 1. The fourth-order valence-corrected chi connectivity index (χ4v) is 3.33. The van der Waals surface area contributed by atoms with Gasteiger partial charge in [-0.2, -0.15) is 0 Å². The molecule has 0 radical (unpaired) electrons. The highest BCUT2D eigenvalue weighted by atomic mass is 32.1. The van der Waals surface area contributed by atoms with E-state index in [0.29, 0.717) is 0 Å². The van der Waals surface area contributed by atoms with E-state index in [9.17, 15) is 0 Å². The van der Waals surface area contributed by atoms with E-state index >= 15 is 0 Å². The highest BCUT2D eigenvalue weighted by molar-refractivity contribution is 7.15. The van der Waals surface area contributed by atoms with E-state index in [1.807, 2.05) is 13.2 Å². The minimum Gasteiger partial charge on any atom is -0.314 e. The maximum absolute atomic E-state index is 4.43. The summed E-state index contributed by atoms with van der Waals surface area (Å²) in [5.74, 6) is 0. The van der Waals surface area contributed by atoms with E-state index in [1.54, 1.807) is 11.3 Å². The zero-order valence-electron chi connectivity index (χ0n) is 9.99. The van der Waals surface area contributed by atoms with Crippen molar-refractivity contribution in [1.82, 2.24) is 10.3 Å². The predicted molar refractivity (Wildman–Crippen MR) is 72.3 cm³/mol. The van der Waals surface area contributed by atoms with Crippen LogP contribution in [0.4, 0.5) is 0 Å². The van der Waals surface area contributed by atoms with Gasteiger partial charge in [-0.15, -0.1) is 11.3 Å². The summed E-state index contributed by atoms with van der Waals surface area (Å²) < 4.78 is 0. The van der Waals surface area contributed by atoms with Gasteiger partial charge in [-0.3, -0.25) is 0 Å². The summed E-state index contributed by atoms with van der Waals surface area (Å²) in [6.07, 6.45) is 5.80. The van der Waals surface area contributed by atoms with E-state index in [0.717, 1.165) is 11.6 Å². The molecule has 1 aliphatic carbocycles. The van der Waals surface area contributed by atoms with Crippen molar-refractivity contribution in [2.45, 2.75) is 25.8 Å². The molecule has 17 heavy (non-hydrogen) atoms. The molecule has 1 N–H and O–H groups in total. The highest BCUT2D eigenvalue weighted by Gasteiger charge is 2.12. The van der Waals surface area contributed by atoms with E-state index in [2.05, 4.69) is 28.5 Å². The van der Waals surface area contributed by atoms with Crippen LogP contribution in [0.2, 0.25) is 0 Å². The molecule has 1 heterocycles. The molecule has 0 fully saturated rings. The number of fused-ring (bicyclic) bond motifs is 1. The molecule has 2 aromatic rings. The Balaban J connectivity index is 1.92. The zero-order valence-corrected chi connectivity index (χ0v) is 10.8. The lowest BCUT2D eigenvalue weighted by atomic mass is 10.1. The van der Waals surface area contributed by atoms with Crippen molar-refractivity contribution in [2.75, 3.05) is 7.05 Å². The second-order valence-corrected chi connectivity index (χ2v) is 5.60. The van der Waals surface area contributed by atoms with Gasteiger partial charge < -0.3 is 5.32 Å². The summed E-state index contributed by atoms with van der Waals surface area (Å²) in [7, 11) is 1.95. The highest BCUT2D eigenvalue weighted by Crippen LogP contribution is 2.31. The van der Waals surface area contributed by atoms with Crippen molar-refractivity contribution >= 4 is 11.3 Å². The van der Waals surface area contributed by atoms with Gasteiger partial charge >= 0.3 is 0 Å². The van der Waals surface area contributed by atoms with E-state index in [1.165, 1.54) is 40.8 Å². The first-order valence-corrected chi connectivity index (χ1v) is 6.90. The first-order valence-electron chi connectivity index (χ1n) is 6.08. The van der Waals surface area contributed by atoms with Crippen LogP contribution in [0.1, 0.15) is 22.6 Å². The maximum atomic E-state index is 4.43. The second kappa shape index (κ2) is 4.59. The van der Waals surface area contributed by atoms with Crippen LogP contribution >= 0.6 is 11.3 Å². The first-order chi connectivity index (χ1) is 8.36. The quantitative estimate of drug-likeness (QED) is 0.897. The Morgan fingerprint density at radius 3 is 3.06 bits per heavy atom. The second-order valence-electron chi connectivity index (χ2n) is 4.49. The van der Waals surface area contributed by atoms with E-state index < -0.39 is 0 Å². The molecule has 0 amide bonds. The molecule has 0 aliphatic heterocycles. The third-order valence-corrected chi connectivity index (χ3v) is 4.31. The molecule has 88 valence electrons. The Kier molecular flexibility index (Phi) is 2.95. The van der Waals surface area contributed by atoms with Gasteiger partial charge in [-0.1, -0.05) is 18.2 Å². The first kappa shape index (κ1) is 10.9. The SMILES string of the molecule is CNCc1ncc(-c2ccc3c(c2)CCC3)s1. The van der Waals surface area contributed by atoms with Crippen LogP contribution in [0.25, 0.3) is 10.4 Å². The number of nitrogens with one attached hydrogen (secondary N) is 1. The van der Waals surface area contributed by atoms with E-state index in [4.69, 9.17) is 0 Å². The van der Waals surface area contributed by atoms with E-state index in [-0.39, 0.29) is 0 Å². The van der Waals surface area contributed by atoms with Gasteiger partial charge in [0.05, 0.1) is 4.88 Å². The molecule has 3 rings (SSSR count). The summed E-state index contributed by atoms with van der Waals surface area (Å²) in [5, 5.41) is 4.29. The fourth-order valence-electron chi connectivity index (χ4n) is 2.40. The topological polar surface area (TPSA) is 24.9 Å². The van der Waals surface area contributed by atoms with Gasteiger partial charge in [0.1, 0.15) is 5.01 Å². The molecule has 0 saturated carbocycles. The summed E-state index contributed by atoms with van der Waals surface area (Å²) in [6, 6.07) is 6.87. The lowest BCUT2D eigenvalue weighted by molar-refractivity contribution is 0.810. The number of rotatable bonds is 3. The van der Waals surface area contributed by atoms with Crippen molar-refractivity contribution in [2.24, 2.45) is 0 Å². The normalized spacial score (nSPS) is 13.9. The van der Waals surface area contributed by atoms with Crippen LogP contribution < -0.4 is 5.32 Å². The maximum Gasteiger partial charge on any atom is 0.107 e. The van der Waals surface area contributed by atoms with Crippen molar-refractivity contribution in [3.63, 3.8) is 0 Å². The van der Waals surface area contributed by atoms with Gasteiger partial charge in [-0.05, 0) is 43.0 Å². The monoisotopic (exact) mass is 244 g/mol. The van der Waals surface area contributed by atoms with Crippen LogP contribution in [0.15, 0.2) is 24.4 Å². The van der Waals surface area contributed by atoms with Crippen LogP contribution in [-0.4, -0.2) is 12.0 Å². The third kappa shape index (κ3) is 2.13. The molecule has 1 aromatic heterocycles. The molecular formula is C14H16N2S. The van der Waals surface area contributed by atoms with Crippen LogP contribution in [0.3, 0.4) is 0 Å². The molecule has 3 heteroatoms. The van der Waals surface area contributed by atoms with Crippen molar-refractivity contribution in [3.8, 4) is 10.4 Å². The lowest BCUT2D eigenvalue weighted by Gasteiger charge is -2.02. The lowest BCUT2D eigenvalue weighted by Crippen LogP contribution is -2.03. The van der Waals surface area contributed by atoms with Crippen LogP contribution in [0, 0.1) is 0 Å². The summed E-state index contributed by atoms with van der Waals surface area (Å²) >= 11 is 1.78. The molecule has 1 aromatic carbocycles. The largest absolute Gasteiger partial charge is 0.314 e. The molecule has 0 unspecified atom stereocenters. The Morgan fingerprint density at radius 2 is 2.18 bits per heavy atom. The fraction of sp³-hybridized carbons (Fsp3) is 0.357. The summed E-state index contributed by atoms with van der Waals surface area (Å²) in [6.45, 7) is 0.857. The average Bonchev–Trinajstić information content (AvgIpc) is 2.96. The third-order valence-electron chi connectivity index (χ3n) is 3.26. The number of aromatic nitrogens is 1. The van der Waals surface area contributed by atoms with Gasteiger partial charge in [0.2, 0.25) is 0 Å². The molecule has 1 aliphatic rings. The van der Waals surface area contributed by atoms with Crippen molar-refractivity contribution in [1.29, 1.82) is 0 Å². The molecular weight excluding hydrogens is 228 g/mol. The predicted octanol–water partition coefficient (Wildman–Crippen LogP) is 3.02. The smallest absolute Gasteiger partial charge is 0.107 e. The van der Waals surface area contributed by atoms with Crippen LogP contribution in [0.5, 0.6) is 0 Å². The molecule has 0 bridgehead atoms. The van der Waals surface area contributed by atoms with Crippen molar-refractivity contribution < 1.29 is 0 Å². The van der Waals surface area contributed by atoms with Gasteiger partial charge in [0.25, 0.3) is 0 Å². The number of hydrogen-bond donors (Lipinski definition) is 1. The number of aryl methyl sites for hydroxylation is 2. The number of hydrogen-bond acceptors (Lipinski definition) is 3. The Hall–Kier alpha value is -1.19. The number of thiazole rings is 1. The van der Waals surface area contributed by atoms with Gasteiger partial charge in [0.15, 0.2) is 0 Å². The molecule has 0 saturated heterocycles. The molecule has 2 nitrogen and oxygen atoms in total. The average molecular weight is 244 g/mol. The summed E-state index contributed by atoms with van der Waals surface area (Å²) in [4.78, 5) is 5.71. The summed E-state index contributed by atoms with van der Waals surface area (Å²) in [5.41, 5.74) is 4.39. The van der Waals surface area contributed by atoms with Crippen molar-refractivity contribution in [3.05, 3.63) is 40.5 Å². The number of nitrogens with zero attached hydrogens (tertiary/aromatic N) is 1. The Morgan fingerprint density at radius 1 is 1.29 bits per heavy atom. The molecule has 0 spiro atoms. The standard InChI is InChI=1S/C14H16N2S/c1-15-9-14-16-8-13(17-14)12-6-5-10-3-2-4-11(10)7-12/h5-8,15H,2-4,9H2,1H3. The Bertz CT molecular complexity index is 531. The Labute approximate surface area is 106 Å². The molecule has 0 atom stereocenters. The van der Waals surface area contributed by atoms with Gasteiger partial charge in [-0.25, -0.2) is 4.98 Å².